The van der Waals surface area contributed by atoms with Gasteiger partial charge in [0.1, 0.15) is 0 Å². The standard InChI is InChI=1S/C36H25N/c1-3-7-31-23-33(19-13-25(31)5-1)27-9-15-29(16-10-27)35-21-22-36(37-35)30-17-11-28(12-18-30)34-20-14-26-6-2-4-8-32(26)24-34/h1-24,37H. The molecule has 0 fully saturated rings. The fourth-order valence-corrected chi connectivity index (χ4v) is 5.15. The Balaban J connectivity index is 1.12. The Morgan fingerprint density at radius 2 is 0.622 bits per heavy atom. The van der Waals surface area contributed by atoms with E-state index < -0.39 is 0 Å². The largest absolute Gasteiger partial charge is 0.355 e. The number of benzene rings is 6. The van der Waals surface area contributed by atoms with Crippen LogP contribution >= 0.6 is 0 Å². The SMILES string of the molecule is c1ccc2cc(-c3ccc(-c4ccc(-c5ccc(-c6ccc7ccccc7c6)cc5)[nH]4)cc3)ccc2c1. The molecule has 6 aromatic carbocycles. The van der Waals surface area contributed by atoms with Crippen LogP contribution < -0.4 is 0 Å². The topological polar surface area (TPSA) is 15.8 Å². The molecular formula is C36H25N. The molecule has 0 aliphatic rings. The van der Waals surface area contributed by atoms with Gasteiger partial charge in [0, 0.05) is 11.4 Å². The average molecular weight is 472 g/mol. The predicted octanol–water partition coefficient (Wildman–Crippen LogP) is 9.99. The highest BCUT2D eigenvalue weighted by Crippen LogP contribution is 2.30. The van der Waals surface area contributed by atoms with Crippen LogP contribution in [0, 0.1) is 0 Å². The fraction of sp³-hybridized carbons (Fsp3) is 0. The molecule has 1 N–H and O–H groups in total. The van der Waals surface area contributed by atoms with E-state index in [1.807, 2.05) is 0 Å². The van der Waals surface area contributed by atoms with Crippen molar-refractivity contribution < 1.29 is 0 Å². The highest BCUT2D eigenvalue weighted by Gasteiger charge is 2.07. The molecule has 174 valence electrons. The van der Waals surface area contributed by atoms with Crippen LogP contribution in [0.1, 0.15) is 0 Å². The Hall–Kier alpha value is -4.88. The van der Waals surface area contributed by atoms with E-state index in [1.165, 1.54) is 54.9 Å². The summed E-state index contributed by atoms with van der Waals surface area (Å²) in [5.41, 5.74) is 9.55. The molecule has 0 aliphatic carbocycles. The van der Waals surface area contributed by atoms with E-state index in [9.17, 15) is 0 Å². The van der Waals surface area contributed by atoms with E-state index in [1.54, 1.807) is 0 Å². The highest BCUT2D eigenvalue weighted by molar-refractivity contribution is 5.88. The average Bonchev–Trinajstić information content (AvgIpc) is 3.47. The third-order valence-electron chi connectivity index (χ3n) is 7.24. The monoisotopic (exact) mass is 471 g/mol. The maximum absolute atomic E-state index is 3.61. The summed E-state index contributed by atoms with van der Waals surface area (Å²) >= 11 is 0. The second kappa shape index (κ2) is 8.96. The summed E-state index contributed by atoms with van der Waals surface area (Å²) in [5, 5.41) is 5.08. The van der Waals surface area contributed by atoms with Gasteiger partial charge in [-0.2, -0.15) is 0 Å². The zero-order valence-corrected chi connectivity index (χ0v) is 20.4. The molecule has 0 amide bonds. The first-order valence-corrected chi connectivity index (χ1v) is 12.7. The molecule has 7 aromatic rings. The van der Waals surface area contributed by atoms with E-state index in [-0.39, 0.29) is 0 Å². The Morgan fingerprint density at radius 3 is 1.05 bits per heavy atom. The van der Waals surface area contributed by atoms with Crippen molar-refractivity contribution in [3.05, 3.63) is 146 Å². The molecule has 0 aliphatic heterocycles. The van der Waals surface area contributed by atoms with E-state index >= 15 is 0 Å². The van der Waals surface area contributed by atoms with Crippen molar-refractivity contribution in [2.24, 2.45) is 0 Å². The molecular weight excluding hydrogens is 446 g/mol. The lowest BCUT2D eigenvalue weighted by atomic mass is 10.00. The fourth-order valence-electron chi connectivity index (χ4n) is 5.15. The van der Waals surface area contributed by atoms with Crippen LogP contribution in [0.25, 0.3) is 66.3 Å². The van der Waals surface area contributed by atoms with Crippen LogP contribution in [-0.4, -0.2) is 4.98 Å². The molecule has 0 atom stereocenters. The van der Waals surface area contributed by atoms with Gasteiger partial charge in [-0.3, -0.25) is 0 Å². The van der Waals surface area contributed by atoms with Crippen LogP contribution in [0.15, 0.2) is 146 Å². The second-order valence-electron chi connectivity index (χ2n) is 9.56. The van der Waals surface area contributed by atoms with Gasteiger partial charge in [0.25, 0.3) is 0 Å². The van der Waals surface area contributed by atoms with Gasteiger partial charge in [-0.15, -0.1) is 0 Å². The van der Waals surface area contributed by atoms with E-state index in [0.717, 1.165) is 11.4 Å². The third-order valence-corrected chi connectivity index (χ3v) is 7.24. The van der Waals surface area contributed by atoms with Crippen LogP contribution in [0.4, 0.5) is 0 Å². The maximum Gasteiger partial charge on any atom is 0.0458 e. The summed E-state index contributed by atoms with van der Waals surface area (Å²) in [6, 6.07) is 52.3. The molecule has 0 saturated carbocycles. The van der Waals surface area contributed by atoms with Gasteiger partial charge in [0.05, 0.1) is 0 Å². The Kier molecular flexibility index (Phi) is 5.19. The lowest BCUT2D eigenvalue weighted by Crippen LogP contribution is -1.83. The number of hydrogen-bond acceptors (Lipinski definition) is 0. The van der Waals surface area contributed by atoms with E-state index in [2.05, 4.69) is 151 Å². The first kappa shape index (κ1) is 21.4. The normalized spacial score (nSPS) is 11.2. The predicted molar refractivity (Wildman–Crippen MR) is 158 cm³/mol. The van der Waals surface area contributed by atoms with Gasteiger partial charge in [0.2, 0.25) is 0 Å². The molecule has 7 rings (SSSR count). The van der Waals surface area contributed by atoms with Crippen molar-refractivity contribution in [2.75, 3.05) is 0 Å². The zero-order valence-electron chi connectivity index (χ0n) is 20.4. The molecule has 37 heavy (non-hydrogen) atoms. The summed E-state index contributed by atoms with van der Waals surface area (Å²) in [7, 11) is 0. The quantitative estimate of drug-likeness (QED) is 0.263. The van der Waals surface area contributed by atoms with Crippen LogP contribution in [0.3, 0.4) is 0 Å². The van der Waals surface area contributed by atoms with Gasteiger partial charge in [-0.05, 0) is 79.2 Å². The van der Waals surface area contributed by atoms with Crippen molar-refractivity contribution in [3.63, 3.8) is 0 Å². The van der Waals surface area contributed by atoms with E-state index in [0.29, 0.717) is 0 Å². The minimum atomic E-state index is 1.12. The summed E-state index contributed by atoms with van der Waals surface area (Å²) in [4.78, 5) is 3.61. The van der Waals surface area contributed by atoms with Crippen molar-refractivity contribution in [3.8, 4) is 44.8 Å². The molecule has 0 radical (unpaired) electrons. The number of rotatable bonds is 4. The lowest BCUT2D eigenvalue weighted by Gasteiger charge is -2.07. The molecule has 1 heteroatoms. The van der Waals surface area contributed by atoms with Crippen molar-refractivity contribution in [1.82, 2.24) is 4.98 Å². The summed E-state index contributed by atoms with van der Waals surface area (Å²) < 4.78 is 0. The number of fused-ring (bicyclic) bond motifs is 2. The number of hydrogen-bond donors (Lipinski definition) is 1. The first-order chi connectivity index (χ1) is 18.3. The molecule has 1 nitrogen and oxygen atoms in total. The molecule has 0 saturated heterocycles. The smallest absolute Gasteiger partial charge is 0.0458 e. The minimum Gasteiger partial charge on any atom is -0.355 e. The second-order valence-corrected chi connectivity index (χ2v) is 9.56. The van der Waals surface area contributed by atoms with E-state index in [4.69, 9.17) is 0 Å². The van der Waals surface area contributed by atoms with Gasteiger partial charge in [0.15, 0.2) is 0 Å². The van der Waals surface area contributed by atoms with Gasteiger partial charge < -0.3 is 4.98 Å². The Bertz CT molecular complexity index is 1720. The summed E-state index contributed by atoms with van der Waals surface area (Å²) in [5.74, 6) is 0. The summed E-state index contributed by atoms with van der Waals surface area (Å²) in [6.07, 6.45) is 0. The molecule has 1 aromatic heterocycles. The molecule has 0 unspecified atom stereocenters. The first-order valence-electron chi connectivity index (χ1n) is 12.7. The Morgan fingerprint density at radius 1 is 0.270 bits per heavy atom. The third kappa shape index (κ3) is 4.11. The highest BCUT2D eigenvalue weighted by atomic mass is 14.7. The van der Waals surface area contributed by atoms with Crippen molar-refractivity contribution in [2.45, 2.75) is 0 Å². The number of aromatic nitrogens is 1. The summed E-state index contributed by atoms with van der Waals surface area (Å²) in [6.45, 7) is 0. The van der Waals surface area contributed by atoms with Crippen LogP contribution in [0.2, 0.25) is 0 Å². The van der Waals surface area contributed by atoms with Gasteiger partial charge in [-0.25, -0.2) is 0 Å². The zero-order chi connectivity index (χ0) is 24.6. The molecule has 0 spiro atoms. The Labute approximate surface area is 216 Å². The van der Waals surface area contributed by atoms with Gasteiger partial charge in [-0.1, -0.05) is 121 Å². The minimum absolute atomic E-state index is 1.12. The number of H-pyrrole nitrogens is 1. The number of nitrogens with one attached hydrogen (secondary N) is 1. The lowest BCUT2D eigenvalue weighted by molar-refractivity contribution is 1.39. The molecule has 1 heterocycles. The van der Waals surface area contributed by atoms with Crippen LogP contribution in [-0.2, 0) is 0 Å². The maximum atomic E-state index is 3.61. The van der Waals surface area contributed by atoms with Gasteiger partial charge >= 0.3 is 0 Å². The number of aromatic amines is 1. The van der Waals surface area contributed by atoms with Crippen LogP contribution in [0.5, 0.6) is 0 Å². The van der Waals surface area contributed by atoms with Crippen molar-refractivity contribution in [1.29, 1.82) is 0 Å². The van der Waals surface area contributed by atoms with Crippen molar-refractivity contribution >= 4 is 21.5 Å². The molecule has 0 bridgehead atoms.